The molecule has 0 amide bonds. The Labute approximate surface area is 255 Å². The van der Waals surface area contributed by atoms with Crippen LogP contribution in [0.5, 0.6) is 0 Å². The summed E-state index contributed by atoms with van der Waals surface area (Å²) in [4.78, 5) is 0. The van der Waals surface area contributed by atoms with Crippen LogP contribution in [0.15, 0.2) is 0 Å². The number of aliphatic hydroxyl groups is 2. The SMILES string of the molecule is CC(C)CCCCCCCCCCCCCCCO.CCCCCCCCCCC(CO)CCCCCCCC. The molecule has 0 radical (unpaired) electrons. The van der Waals surface area contributed by atoms with Gasteiger partial charge in [0.1, 0.15) is 0 Å². The van der Waals surface area contributed by atoms with Gasteiger partial charge < -0.3 is 10.2 Å². The maximum atomic E-state index is 9.47. The van der Waals surface area contributed by atoms with E-state index in [0.717, 1.165) is 12.3 Å². The van der Waals surface area contributed by atoms with E-state index in [4.69, 9.17) is 5.11 Å². The highest BCUT2D eigenvalue weighted by Gasteiger charge is 2.07. The Balaban J connectivity index is 0. The third kappa shape index (κ3) is 40.1. The van der Waals surface area contributed by atoms with Gasteiger partial charge in [-0.25, -0.2) is 0 Å². The van der Waals surface area contributed by atoms with Crippen LogP contribution >= 0.6 is 0 Å². The first-order valence-electron chi connectivity index (χ1n) is 18.8. The van der Waals surface area contributed by atoms with E-state index in [9.17, 15) is 5.11 Å². The van der Waals surface area contributed by atoms with Crippen LogP contribution in [-0.4, -0.2) is 23.4 Å². The van der Waals surface area contributed by atoms with Crippen molar-refractivity contribution in [3.05, 3.63) is 0 Å². The topological polar surface area (TPSA) is 40.5 Å². The summed E-state index contributed by atoms with van der Waals surface area (Å²) in [7, 11) is 0. The molecule has 0 bridgehead atoms. The molecule has 2 nitrogen and oxygen atoms in total. The second kappa shape index (κ2) is 38.9. The first-order chi connectivity index (χ1) is 19.6. The summed E-state index contributed by atoms with van der Waals surface area (Å²) in [6.07, 6.45) is 41.1. The van der Waals surface area contributed by atoms with Gasteiger partial charge >= 0.3 is 0 Å². The lowest BCUT2D eigenvalue weighted by Gasteiger charge is -2.13. The number of hydrogen-bond donors (Lipinski definition) is 2. The Morgan fingerprint density at radius 2 is 0.625 bits per heavy atom. The van der Waals surface area contributed by atoms with Crippen LogP contribution in [0.1, 0.15) is 220 Å². The lowest BCUT2D eigenvalue weighted by molar-refractivity contribution is 0.204. The molecule has 0 aliphatic carbocycles. The van der Waals surface area contributed by atoms with E-state index in [2.05, 4.69) is 27.7 Å². The molecule has 0 fully saturated rings. The van der Waals surface area contributed by atoms with Gasteiger partial charge in [-0.05, 0) is 31.1 Å². The summed E-state index contributed by atoms with van der Waals surface area (Å²) in [5, 5.41) is 18.1. The Morgan fingerprint density at radius 3 is 0.900 bits per heavy atom. The van der Waals surface area contributed by atoms with E-state index in [0.29, 0.717) is 19.1 Å². The van der Waals surface area contributed by atoms with Crippen molar-refractivity contribution >= 4 is 0 Å². The fourth-order valence-corrected chi connectivity index (χ4v) is 5.72. The third-order valence-electron chi connectivity index (χ3n) is 8.63. The average Bonchev–Trinajstić information content (AvgIpc) is 2.95. The van der Waals surface area contributed by atoms with Gasteiger partial charge in [0.15, 0.2) is 0 Å². The molecule has 2 heteroatoms. The van der Waals surface area contributed by atoms with Gasteiger partial charge in [-0.2, -0.15) is 0 Å². The lowest BCUT2D eigenvalue weighted by Crippen LogP contribution is -2.06. The zero-order valence-corrected chi connectivity index (χ0v) is 28.7. The van der Waals surface area contributed by atoms with Crippen molar-refractivity contribution in [2.75, 3.05) is 13.2 Å². The van der Waals surface area contributed by atoms with E-state index < -0.39 is 0 Å². The number of hydrogen-bond acceptors (Lipinski definition) is 2. The minimum atomic E-state index is 0.372. The molecule has 2 N–H and O–H groups in total. The van der Waals surface area contributed by atoms with Gasteiger partial charge in [-0.15, -0.1) is 0 Å². The highest BCUT2D eigenvalue weighted by atomic mass is 16.3. The van der Waals surface area contributed by atoms with Crippen LogP contribution in [0.3, 0.4) is 0 Å². The lowest BCUT2D eigenvalue weighted by atomic mass is 9.95. The maximum absolute atomic E-state index is 9.47. The van der Waals surface area contributed by atoms with Gasteiger partial charge in [-0.1, -0.05) is 201 Å². The van der Waals surface area contributed by atoms with E-state index in [1.54, 1.807) is 0 Å². The minimum absolute atomic E-state index is 0.372. The molecule has 0 heterocycles. The second-order valence-corrected chi connectivity index (χ2v) is 13.4. The van der Waals surface area contributed by atoms with Gasteiger partial charge in [-0.3, -0.25) is 0 Å². The molecule has 0 aromatic carbocycles. The van der Waals surface area contributed by atoms with Crippen molar-refractivity contribution in [2.24, 2.45) is 11.8 Å². The van der Waals surface area contributed by atoms with Crippen LogP contribution < -0.4 is 0 Å². The maximum Gasteiger partial charge on any atom is 0.0459 e. The van der Waals surface area contributed by atoms with Crippen molar-refractivity contribution in [1.82, 2.24) is 0 Å². The van der Waals surface area contributed by atoms with E-state index in [1.165, 1.54) is 186 Å². The molecule has 244 valence electrons. The zero-order chi connectivity index (χ0) is 29.8. The van der Waals surface area contributed by atoms with Crippen LogP contribution in [0.4, 0.5) is 0 Å². The summed E-state index contributed by atoms with van der Waals surface area (Å²) in [5.41, 5.74) is 0. The average molecular weight is 569 g/mol. The van der Waals surface area contributed by atoms with Crippen LogP contribution in [0.25, 0.3) is 0 Å². The van der Waals surface area contributed by atoms with Gasteiger partial charge in [0.2, 0.25) is 0 Å². The zero-order valence-electron chi connectivity index (χ0n) is 28.7. The standard InChI is InChI=1S/C20H42O.C18H38O/c1-3-5-7-9-11-12-14-16-18-20(19-21)17-15-13-10-8-6-4-2;1-18(2)16-14-12-10-8-6-4-3-5-7-9-11-13-15-17-19/h20-21H,3-19H2,1-2H3;18-19H,3-17H2,1-2H3. The molecule has 0 aliphatic heterocycles. The van der Waals surface area contributed by atoms with Crippen LogP contribution in [-0.2, 0) is 0 Å². The largest absolute Gasteiger partial charge is 0.396 e. The summed E-state index contributed by atoms with van der Waals surface area (Å²) < 4.78 is 0. The molecule has 0 aliphatic rings. The fourth-order valence-electron chi connectivity index (χ4n) is 5.72. The normalized spacial score (nSPS) is 12.1. The molecule has 0 aromatic rings. The molecule has 1 atom stereocenters. The quantitative estimate of drug-likeness (QED) is 0.0792. The molecule has 40 heavy (non-hydrogen) atoms. The first-order valence-corrected chi connectivity index (χ1v) is 18.8. The second-order valence-electron chi connectivity index (χ2n) is 13.4. The molecular formula is C38H80O2. The van der Waals surface area contributed by atoms with E-state index >= 15 is 0 Å². The van der Waals surface area contributed by atoms with Gasteiger partial charge in [0.05, 0.1) is 0 Å². The van der Waals surface area contributed by atoms with Crippen LogP contribution in [0, 0.1) is 11.8 Å². The highest BCUT2D eigenvalue weighted by Crippen LogP contribution is 2.19. The minimum Gasteiger partial charge on any atom is -0.396 e. The fraction of sp³-hybridized carbons (Fsp3) is 1.00. The number of rotatable bonds is 32. The Hall–Kier alpha value is -0.0800. The smallest absolute Gasteiger partial charge is 0.0459 e. The number of unbranched alkanes of at least 4 members (excludes halogenated alkanes) is 24. The van der Waals surface area contributed by atoms with Crippen molar-refractivity contribution in [3.8, 4) is 0 Å². The van der Waals surface area contributed by atoms with Gasteiger partial charge in [0.25, 0.3) is 0 Å². The summed E-state index contributed by atoms with van der Waals surface area (Å²) in [6.45, 7) is 9.97. The van der Waals surface area contributed by atoms with Crippen LogP contribution in [0.2, 0.25) is 0 Å². The summed E-state index contributed by atoms with van der Waals surface area (Å²) >= 11 is 0. The van der Waals surface area contributed by atoms with Crippen molar-refractivity contribution < 1.29 is 10.2 Å². The molecule has 0 saturated heterocycles. The molecule has 1 unspecified atom stereocenters. The highest BCUT2D eigenvalue weighted by molar-refractivity contribution is 4.59. The number of aliphatic hydroxyl groups excluding tert-OH is 2. The molecule has 0 saturated carbocycles. The Morgan fingerprint density at radius 1 is 0.350 bits per heavy atom. The monoisotopic (exact) mass is 569 g/mol. The molecular weight excluding hydrogens is 488 g/mol. The third-order valence-corrected chi connectivity index (χ3v) is 8.63. The predicted molar refractivity (Wildman–Crippen MR) is 182 cm³/mol. The summed E-state index contributed by atoms with van der Waals surface area (Å²) in [5.74, 6) is 1.47. The molecule has 0 aromatic heterocycles. The van der Waals surface area contributed by atoms with Crippen molar-refractivity contribution in [3.63, 3.8) is 0 Å². The molecule has 0 spiro atoms. The summed E-state index contributed by atoms with van der Waals surface area (Å²) in [6, 6.07) is 0. The Bertz CT molecular complexity index is 408. The van der Waals surface area contributed by atoms with E-state index in [-0.39, 0.29) is 0 Å². The van der Waals surface area contributed by atoms with Crippen molar-refractivity contribution in [1.29, 1.82) is 0 Å². The van der Waals surface area contributed by atoms with E-state index in [1.807, 2.05) is 0 Å². The predicted octanol–water partition coefficient (Wildman–Crippen LogP) is 13.0. The molecule has 0 rings (SSSR count). The van der Waals surface area contributed by atoms with Crippen molar-refractivity contribution in [2.45, 2.75) is 220 Å². The Kier molecular flexibility index (Phi) is 40.9. The first kappa shape index (κ1) is 42.1. The van der Waals surface area contributed by atoms with Gasteiger partial charge in [0, 0.05) is 13.2 Å².